The van der Waals surface area contributed by atoms with E-state index in [4.69, 9.17) is 0 Å². The summed E-state index contributed by atoms with van der Waals surface area (Å²) in [6.45, 7) is 4.75. The molecule has 2 heterocycles. The zero-order chi connectivity index (χ0) is 10.7. The van der Waals surface area contributed by atoms with E-state index in [0.717, 1.165) is 44.6 Å². The first-order chi connectivity index (χ1) is 7.26. The molecule has 4 heteroatoms. The summed E-state index contributed by atoms with van der Waals surface area (Å²) in [5.41, 5.74) is 0.282. The first-order valence-corrected chi connectivity index (χ1v) is 5.71. The standard InChI is InChI=1S/C11H19N3O/c1-2-14-10(4-8-13-14)11(15)5-3-7-12-9-6-11/h4,8,12,15H,2-3,5-7,9H2,1H3. The summed E-state index contributed by atoms with van der Waals surface area (Å²) >= 11 is 0. The van der Waals surface area contributed by atoms with Gasteiger partial charge in [0.25, 0.3) is 0 Å². The molecule has 15 heavy (non-hydrogen) atoms. The van der Waals surface area contributed by atoms with Gasteiger partial charge in [-0.1, -0.05) is 0 Å². The van der Waals surface area contributed by atoms with Gasteiger partial charge in [0.05, 0.1) is 5.69 Å². The molecule has 1 aliphatic rings. The summed E-state index contributed by atoms with van der Waals surface area (Å²) in [4.78, 5) is 0. The van der Waals surface area contributed by atoms with Crippen molar-refractivity contribution in [2.75, 3.05) is 13.1 Å². The molecule has 1 aromatic heterocycles. The molecule has 2 rings (SSSR count). The molecule has 1 aliphatic heterocycles. The normalized spacial score (nSPS) is 27.6. The van der Waals surface area contributed by atoms with Crippen LogP contribution < -0.4 is 5.32 Å². The molecular formula is C11H19N3O. The third kappa shape index (κ3) is 2.06. The Balaban J connectivity index is 2.26. The first-order valence-electron chi connectivity index (χ1n) is 5.71. The Morgan fingerprint density at radius 1 is 1.53 bits per heavy atom. The van der Waals surface area contributed by atoms with Crippen LogP contribution in [0.4, 0.5) is 0 Å². The van der Waals surface area contributed by atoms with E-state index in [2.05, 4.69) is 17.3 Å². The second-order valence-electron chi connectivity index (χ2n) is 4.17. The summed E-state index contributed by atoms with van der Waals surface area (Å²) < 4.78 is 1.89. The molecule has 0 spiro atoms. The van der Waals surface area contributed by atoms with Crippen LogP contribution in [-0.2, 0) is 12.1 Å². The maximum atomic E-state index is 10.6. The maximum Gasteiger partial charge on any atom is 0.107 e. The van der Waals surface area contributed by atoms with Crippen molar-refractivity contribution in [1.82, 2.24) is 15.1 Å². The second kappa shape index (κ2) is 4.33. The predicted molar refractivity (Wildman–Crippen MR) is 58.5 cm³/mol. The minimum atomic E-state index is -0.685. The summed E-state index contributed by atoms with van der Waals surface area (Å²) in [5, 5.41) is 18.2. The smallest absolute Gasteiger partial charge is 0.107 e. The first kappa shape index (κ1) is 10.6. The second-order valence-corrected chi connectivity index (χ2v) is 4.17. The molecule has 1 aromatic rings. The lowest BCUT2D eigenvalue weighted by molar-refractivity contribution is 0.0152. The van der Waals surface area contributed by atoms with Gasteiger partial charge >= 0.3 is 0 Å². The zero-order valence-corrected chi connectivity index (χ0v) is 9.24. The Bertz CT molecular complexity index is 313. The Morgan fingerprint density at radius 3 is 3.20 bits per heavy atom. The summed E-state index contributed by atoms with van der Waals surface area (Å²) in [6, 6.07) is 1.94. The van der Waals surface area contributed by atoms with Crippen molar-refractivity contribution in [1.29, 1.82) is 0 Å². The van der Waals surface area contributed by atoms with Crippen molar-refractivity contribution >= 4 is 0 Å². The highest BCUT2D eigenvalue weighted by Crippen LogP contribution is 2.30. The molecule has 1 fully saturated rings. The van der Waals surface area contributed by atoms with Crippen LogP contribution in [-0.4, -0.2) is 28.0 Å². The Morgan fingerprint density at radius 2 is 2.40 bits per heavy atom. The van der Waals surface area contributed by atoms with Crippen molar-refractivity contribution in [2.45, 2.75) is 38.3 Å². The van der Waals surface area contributed by atoms with E-state index in [0.29, 0.717) is 0 Å². The molecule has 1 atom stereocenters. The third-order valence-corrected chi connectivity index (χ3v) is 3.15. The van der Waals surface area contributed by atoms with Crippen molar-refractivity contribution in [3.05, 3.63) is 18.0 Å². The van der Waals surface area contributed by atoms with Crippen LogP contribution in [0.1, 0.15) is 31.9 Å². The van der Waals surface area contributed by atoms with Gasteiger partial charge in [0, 0.05) is 12.7 Å². The van der Waals surface area contributed by atoms with Crippen LogP contribution in [0.15, 0.2) is 12.3 Å². The molecule has 0 amide bonds. The van der Waals surface area contributed by atoms with E-state index in [1.54, 1.807) is 6.20 Å². The van der Waals surface area contributed by atoms with Gasteiger partial charge in [-0.3, -0.25) is 4.68 Å². The average Bonchev–Trinajstić information content (AvgIpc) is 2.62. The van der Waals surface area contributed by atoms with E-state index in [1.807, 2.05) is 10.7 Å². The van der Waals surface area contributed by atoms with Gasteiger partial charge in [-0.15, -0.1) is 0 Å². The van der Waals surface area contributed by atoms with Crippen molar-refractivity contribution in [3.63, 3.8) is 0 Å². The number of nitrogens with one attached hydrogen (secondary N) is 1. The fourth-order valence-electron chi connectivity index (χ4n) is 2.29. The van der Waals surface area contributed by atoms with Gasteiger partial charge < -0.3 is 10.4 Å². The number of hydrogen-bond donors (Lipinski definition) is 2. The molecular weight excluding hydrogens is 190 g/mol. The number of aryl methyl sites for hydroxylation is 1. The Hall–Kier alpha value is -0.870. The summed E-state index contributed by atoms with van der Waals surface area (Å²) in [6.07, 6.45) is 4.39. The summed E-state index contributed by atoms with van der Waals surface area (Å²) in [5.74, 6) is 0. The molecule has 0 saturated carbocycles. The fourth-order valence-corrected chi connectivity index (χ4v) is 2.29. The fraction of sp³-hybridized carbons (Fsp3) is 0.727. The SMILES string of the molecule is CCn1nccc1C1(O)CCCNCC1. The number of aromatic nitrogens is 2. The Kier molecular flexibility index (Phi) is 3.07. The average molecular weight is 209 g/mol. The molecule has 2 N–H and O–H groups in total. The number of nitrogens with zero attached hydrogens (tertiary/aromatic N) is 2. The Labute approximate surface area is 90.3 Å². The third-order valence-electron chi connectivity index (χ3n) is 3.15. The lowest BCUT2D eigenvalue weighted by Crippen LogP contribution is -2.30. The van der Waals surface area contributed by atoms with Crippen LogP contribution in [0.2, 0.25) is 0 Å². The highest BCUT2D eigenvalue weighted by atomic mass is 16.3. The molecule has 1 saturated heterocycles. The molecule has 0 aliphatic carbocycles. The van der Waals surface area contributed by atoms with Crippen LogP contribution in [0.5, 0.6) is 0 Å². The van der Waals surface area contributed by atoms with Crippen molar-refractivity contribution < 1.29 is 5.11 Å². The van der Waals surface area contributed by atoms with Gasteiger partial charge in [-0.2, -0.15) is 5.10 Å². The quantitative estimate of drug-likeness (QED) is 0.759. The minimum Gasteiger partial charge on any atom is -0.384 e. The predicted octanol–water partition coefficient (Wildman–Crippen LogP) is 0.864. The molecule has 84 valence electrons. The minimum absolute atomic E-state index is 0.685. The number of hydrogen-bond acceptors (Lipinski definition) is 3. The van der Waals surface area contributed by atoms with Gasteiger partial charge in [0.2, 0.25) is 0 Å². The van der Waals surface area contributed by atoms with Gasteiger partial charge in [0.15, 0.2) is 0 Å². The van der Waals surface area contributed by atoms with E-state index in [9.17, 15) is 5.11 Å². The lowest BCUT2D eigenvalue weighted by atomic mass is 9.91. The monoisotopic (exact) mass is 209 g/mol. The van der Waals surface area contributed by atoms with E-state index >= 15 is 0 Å². The topological polar surface area (TPSA) is 50.1 Å². The van der Waals surface area contributed by atoms with Crippen LogP contribution in [0, 0.1) is 0 Å². The van der Waals surface area contributed by atoms with Gasteiger partial charge in [-0.25, -0.2) is 0 Å². The lowest BCUT2D eigenvalue weighted by Gasteiger charge is -2.26. The molecule has 0 radical (unpaired) electrons. The van der Waals surface area contributed by atoms with Crippen LogP contribution in [0.3, 0.4) is 0 Å². The van der Waals surface area contributed by atoms with Crippen LogP contribution >= 0.6 is 0 Å². The molecule has 1 unspecified atom stereocenters. The summed E-state index contributed by atoms with van der Waals surface area (Å²) in [7, 11) is 0. The van der Waals surface area contributed by atoms with E-state index in [-0.39, 0.29) is 0 Å². The highest BCUT2D eigenvalue weighted by molar-refractivity contribution is 5.12. The van der Waals surface area contributed by atoms with E-state index in [1.165, 1.54) is 0 Å². The molecule has 0 aromatic carbocycles. The van der Waals surface area contributed by atoms with Gasteiger partial charge in [-0.05, 0) is 45.3 Å². The maximum absolute atomic E-state index is 10.6. The van der Waals surface area contributed by atoms with Crippen molar-refractivity contribution in [3.8, 4) is 0 Å². The number of aliphatic hydroxyl groups is 1. The van der Waals surface area contributed by atoms with Crippen LogP contribution in [0.25, 0.3) is 0 Å². The largest absolute Gasteiger partial charge is 0.384 e. The highest BCUT2D eigenvalue weighted by Gasteiger charge is 2.32. The van der Waals surface area contributed by atoms with E-state index < -0.39 is 5.60 Å². The number of rotatable bonds is 2. The molecule has 4 nitrogen and oxygen atoms in total. The van der Waals surface area contributed by atoms with Gasteiger partial charge in [0.1, 0.15) is 5.60 Å². The zero-order valence-electron chi connectivity index (χ0n) is 9.24. The van der Waals surface area contributed by atoms with Crippen molar-refractivity contribution in [2.24, 2.45) is 0 Å². The molecule has 0 bridgehead atoms.